The molecule has 41 heavy (non-hydrogen) atoms. The summed E-state index contributed by atoms with van der Waals surface area (Å²) in [5.41, 5.74) is 6.00. The van der Waals surface area contributed by atoms with Crippen molar-refractivity contribution in [3.8, 4) is 11.5 Å². The van der Waals surface area contributed by atoms with E-state index in [1.54, 1.807) is 37.3 Å². The maximum Gasteiger partial charge on any atom is 0.297 e. The summed E-state index contributed by atoms with van der Waals surface area (Å²) < 4.78 is 42.3. The number of carbonyl (C=O) groups is 2. The SMILES string of the molecule is Cc1ccc(S(=O)(=O)OCC2COc3ccc(C(=O)NN(C(=O)c4cc(C)ccc4C)C(C)(C)C)c(C)c3O2)cc1. The topological polar surface area (TPSA) is 111 Å². The van der Waals surface area contributed by atoms with Crippen molar-refractivity contribution in [3.63, 3.8) is 0 Å². The molecule has 1 unspecified atom stereocenters. The zero-order chi connectivity index (χ0) is 30.1. The lowest BCUT2D eigenvalue weighted by Crippen LogP contribution is -2.56. The molecule has 3 aromatic carbocycles. The van der Waals surface area contributed by atoms with E-state index in [1.165, 1.54) is 17.1 Å². The average molecular weight is 581 g/mol. The van der Waals surface area contributed by atoms with E-state index in [0.717, 1.165) is 16.7 Å². The number of nitrogens with zero attached hydrogens (tertiary/aromatic N) is 1. The molecule has 1 N–H and O–H groups in total. The predicted octanol–water partition coefficient (Wildman–Crippen LogP) is 5.05. The molecule has 0 aliphatic carbocycles. The molecule has 0 spiro atoms. The highest BCUT2D eigenvalue weighted by Crippen LogP contribution is 2.37. The number of aryl methyl sites for hydroxylation is 3. The fourth-order valence-corrected chi connectivity index (χ4v) is 5.28. The van der Waals surface area contributed by atoms with Crippen molar-refractivity contribution in [2.45, 2.75) is 65.0 Å². The van der Waals surface area contributed by atoms with Crippen LogP contribution in [0, 0.1) is 27.7 Å². The second-order valence-electron chi connectivity index (χ2n) is 11.2. The van der Waals surface area contributed by atoms with Crippen LogP contribution in [0.15, 0.2) is 59.5 Å². The van der Waals surface area contributed by atoms with Gasteiger partial charge in [-0.2, -0.15) is 8.42 Å². The third kappa shape index (κ3) is 6.71. The Morgan fingerprint density at radius 2 is 1.61 bits per heavy atom. The van der Waals surface area contributed by atoms with E-state index in [2.05, 4.69) is 5.43 Å². The Morgan fingerprint density at radius 3 is 2.27 bits per heavy atom. The minimum atomic E-state index is -3.99. The summed E-state index contributed by atoms with van der Waals surface area (Å²) in [6, 6.07) is 15.2. The van der Waals surface area contributed by atoms with Crippen molar-refractivity contribution in [2.24, 2.45) is 0 Å². The molecule has 0 radical (unpaired) electrons. The number of ether oxygens (including phenoxy) is 2. The second-order valence-corrected chi connectivity index (χ2v) is 12.9. The van der Waals surface area contributed by atoms with Gasteiger partial charge in [0.1, 0.15) is 13.2 Å². The monoisotopic (exact) mass is 580 g/mol. The molecule has 218 valence electrons. The highest BCUT2D eigenvalue weighted by molar-refractivity contribution is 7.86. The molecular formula is C31H36N2O7S. The van der Waals surface area contributed by atoms with E-state index >= 15 is 0 Å². The Bertz CT molecular complexity index is 1580. The van der Waals surface area contributed by atoms with Crippen LogP contribution in [0.3, 0.4) is 0 Å². The van der Waals surface area contributed by atoms with Crippen LogP contribution in [0.2, 0.25) is 0 Å². The molecule has 0 fully saturated rings. The Kier molecular flexibility index (Phi) is 8.46. The fourth-order valence-electron chi connectivity index (χ4n) is 4.35. The first-order valence-electron chi connectivity index (χ1n) is 13.3. The first kappa shape index (κ1) is 30.1. The van der Waals surface area contributed by atoms with Gasteiger partial charge in [0, 0.05) is 16.7 Å². The first-order valence-corrected chi connectivity index (χ1v) is 14.7. The van der Waals surface area contributed by atoms with Gasteiger partial charge in [-0.25, -0.2) is 5.01 Å². The molecule has 2 amide bonds. The van der Waals surface area contributed by atoms with Crippen LogP contribution >= 0.6 is 0 Å². The lowest BCUT2D eigenvalue weighted by Gasteiger charge is -2.36. The van der Waals surface area contributed by atoms with Gasteiger partial charge in [0.15, 0.2) is 17.6 Å². The lowest BCUT2D eigenvalue weighted by molar-refractivity contribution is 0.0356. The third-order valence-corrected chi connectivity index (χ3v) is 8.05. The number of benzene rings is 3. The van der Waals surface area contributed by atoms with Crippen LogP contribution in [-0.4, -0.2) is 50.1 Å². The zero-order valence-electron chi connectivity index (χ0n) is 24.4. The summed E-state index contributed by atoms with van der Waals surface area (Å²) in [7, 11) is -3.99. The molecule has 0 saturated heterocycles. The van der Waals surface area contributed by atoms with Crippen LogP contribution in [-0.2, 0) is 14.3 Å². The van der Waals surface area contributed by atoms with Gasteiger partial charge in [-0.05, 0) is 84.4 Å². The molecule has 10 heteroatoms. The molecule has 4 rings (SSSR count). The maximum atomic E-state index is 13.6. The van der Waals surface area contributed by atoms with E-state index in [9.17, 15) is 18.0 Å². The molecule has 0 bridgehead atoms. The van der Waals surface area contributed by atoms with Crippen LogP contribution in [0.1, 0.15) is 63.7 Å². The Balaban J connectivity index is 1.52. The van der Waals surface area contributed by atoms with Gasteiger partial charge in [-0.15, -0.1) is 0 Å². The van der Waals surface area contributed by atoms with Crippen molar-refractivity contribution < 1.29 is 31.7 Å². The number of hydrazine groups is 1. The van der Waals surface area contributed by atoms with Gasteiger partial charge < -0.3 is 9.47 Å². The van der Waals surface area contributed by atoms with Gasteiger partial charge in [0.05, 0.1) is 10.4 Å². The maximum absolute atomic E-state index is 13.6. The Hall–Kier alpha value is -3.89. The highest BCUT2D eigenvalue weighted by Gasteiger charge is 2.32. The molecule has 0 aromatic heterocycles. The van der Waals surface area contributed by atoms with Crippen LogP contribution < -0.4 is 14.9 Å². The summed E-state index contributed by atoms with van der Waals surface area (Å²) in [4.78, 5) is 27.1. The molecule has 1 aliphatic rings. The molecule has 1 atom stereocenters. The minimum Gasteiger partial charge on any atom is -0.486 e. The fraction of sp³-hybridized carbons (Fsp3) is 0.355. The molecular weight excluding hydrogens is 544 g/mol. The van der Waals surface area contributed by atoms with Crippen LogP contribution in [0.25, 0.3) is 0 Å². The summed E-state index contributed by atoms with van der Waals surface area (Å²) in [5, 5.41) is 1.33. The number of amides is 2. The van der Waals surface area contributed by atoms with Crippen molar-refractivity contribution in [1.29, 1.82) is 0 Å². The van der Waals surface area contributed by atoms with Gasteiger partial charge >= 0.3 is 0 Å². The first-order chi connectivity index (χ1) is 19.2. The highest BCUT2D eigenvalue weighted by atomic mass is 32.2. The van der Waals surface area contributed by atoms with Crippen LogP contribution in [0.5, 0.6) is 11.5 Å². The standard InChI is InChI=1S/C31H36N2O7S/c1-19-9-12-24(13-10-19)41(36,37)39-18-23-17-38-27-15-14-25(22(4)28(27)40-23)29(34)32-33(31(5,6)7)30(35)26-16-20(2)8-11-21(26)3/h8-16,23H,17-18H2,1-7H3,(H,32,34). The molecule has 1 aliphatic heterocycles. The summed E-state index contributed by atoms with van der Waals surface area (Å²) in [5.74, 6) is -0.0822. The van der Waals surface area contributed by atoms with Crippen molar-refractivity contribution in [1.82, 2.24) is 10.4 Å². The quantitative estimate of drug-likeness (QED) is 0.321. The number of fused-ring (bicyclic) bond motifs is 1. The Morgan fingerprint density at radius 1 is 0.951 bits per heavy atom. The summed E-state index contributed by atoms with van der Waals surface area (Å²) >= 11 is 0. The summed E-state index contributed by atoms with van der Waals surface area (Å²) in [6.07, 6.45) is -0.725. The number of hydrogen-bond donors (Lipinski definition) is 1. The minimum absolute atomic E-state index is 0.0502. The lowest BCUT2D eigenvalue weighted by atomic mass is 10.0. The van der Waals surface area contributed by atoms with Gasteiger partial charge in [-0.3, -0.25) is 19.2 Å². The molecule has 0 saturated carbocycles. The number of rotatable bonds is 6. The zero-order valence-corrected chi connectivity index (χ0v) is 25.2. The third-order valence-electron chi connectivity index (χ3n) is 6.75. The van der Waals surface area contributed by atoms with Gasteiger partial charge in [0.25, 0.3) is 21.9 Å². The largest absolute Gasteiger partial charge is 0.486 e. The summed E-state index contributed by atoms with van der Waals surface area (Å²) in [6.45, 7) is 12.6. The predicted molar refractivity (Wildman–Crippen MR) is 155 cm³/mol. The average Bonchev–Trinajstić information content (AvgIpc) is 2.91. The van der Waals surface area contributed by atoms with Crippen LogP contribution in [0.4, 0.5) is 0 Å². The second kappa shape index (κ2) is 11.5. The van der Waals surface area contributed by atoms with Crippen molar-refractivity contribution in [2.75, 3.05) is 13.2 Å². The van der Waals surface area contributed by atoms with E-state index in [0.29, 0.717) is 22.6 Å². The van der Waals surface area contributed by atoms with Crippen molar-refractivity contribution >= 4 is 21.9 Å². The van der Waals surface area contributed by atoms with E-state index < -0.39 is 27.7 Å². The Labute approximate surface area is 241 Å². The number of nitrogens with one attached hydrogen (secondary N) is 1. The van der Waals surface area contributed by atoms with E-state index in [-0.39, 0.29) is 29.6 Å². The molecule has 9 nitrogen and oxygen atoms in total. The smallest absolute Gasteiger partial charge is 0.297 e. The normalized spacial score (nSPS) is 14.9. The van der Waals surface area contributed by atoms with Gasteiger partial charge in [-0.1, -0.05) is 35.4 Å². The molecule has 1 heterocycles. The van der Waals surface area contributed by atoms with Crippen molar-refractivity contribution in [3.05, 3.63) is 88.0 Å². The number of hydrogen-bond acceptors (Lipinski definition) is 7. The van der Waals surface area contributed by atoms with Gasteiger partial charge in [0.2, 0.25) is 0 Å². The van der Waals surface area contributed by atoms with E-state index in [4.69, 9.17) is 13.7 Å². The van der Waals surface area contributed by atoms with E-state index in [1.807, 2.05) is 53.7 Å². The molecule has 3 aromatic rings. The number of carbonyl (C=O) groups excluding carboxylic acids is 2.